The molecule has 2 aliphatic rings. The van der Waals surface area contributed by atoms with E-state index in [2.05, 4.69) is 5.43 Å². The molecule has 1 heterocycles. The van der Waals surface area contributed by atoms with Crippen molar-refractivity contribution >= 4 is 5.97 Å². The topological polar surface area (TPSA) is 84.6 Å². The number of aliphatic hydroxyl groups is 1. The Morgan fingerprint density at radius 1 is 1.62 bits per heavy atom. The predicted molar refractivity (Wildman–Crippen MR) is 53.0 cm³/mol. The molecule has 0 spiro atoms. The van der Waals surface area contributed by atoms with Gasteiger partial charge in [-0.3, -0.25) is 11.3 Å². The Balaban J connectivity index is 0.00000128. The van der Waals surface area contributed by atoms with Crippen LogP contribution in [0.5, 0.6) is 0 Å². The fourth-order valence-electron chi connectivity index (χ4n) is 2.74. The summed E-state index contributed by atoms with van der Waals surface area (Å²) in [7, 11) is 0. The van der Waals surface area contributed by atoms with Crippen LogP contribution >= 0.6 is 0 Å². The maximum atomic E-state index is 11.1. The number of nitrogens with one attached hydrogen (secondary N) is 1. The maximum absolute atomic E-state index is 11.1. The molecule has 1 saturated carbocycles. The molecule has 1 saturated heterocycles. The molecular formula is C10H17N2O3W-. The molecule has 5 nitrogen and oxygen atoms in total. The van der Waals surface area contributed by atoms with Crippen LogP contribution < -0.4 is 11.3 Å². The number of esters is 1. The van der Waals surface area contributed by atoms with E-state index in [0.717, 1.165) is 12.8 Å². The summed E-state index contributed by atoms with van der Waals surface area (Å²) in [4.78, 5) is 11.1. The van der Waals surface area contributed by atoms with Gasteiger partial charge in [-0.25, -0.2) is 0 Å². The van der Waals surface area contributed by atoms with Crippen LogP contribution in [0.15, 0.2) is 0 Å². The van der Waals surface area contributed by atoms with Gasteiger partial charge in [-0.05, 0) is 5.92 Å². The standard InChI is InChI=1S/C10H17N2O3.W/c11-12-3-1-2-6-7-4-10(14)15-9(7)5-8(6)13;/h3,6-9,12-13H,1-2,4-5,11H2;/q-1;/t6-,7-,8-,9+;/m1./s1. The van der Waals surface area contributed by atoms with E-state index in [1.807, 2.05) is 0 Å². The Morgan fingerprint density at radius 3 is 3.06 bits per heavy atom. The van der Waals surface area contributed by atoms with Crippen molar-refractivity contribution in [2.75, 3.05) is 0 Å². The Kier molecular flexibility index (Phi) is 5.38. The average molecular weight is 397 g/mol. The van der Waals surface area contributed by atoms with Crippen LogP contribution in [0.4, 0.5) is 0 Å². The number of hydrazine groups is 1. The van der Waals surface area contributed by atoms with E-state index in [4.69, 9.17) is 10.6 Å². The number of nitrogens with two attached hydrogens (primary N) is 1. The van der Waals surface area contributed by atoms with Crippen LogP contribution in [0, 0.1) is 18.4 Å². The summed E-state index contributed by atoms with van der Waals surface area (Å²) in [5, 5.41) is 9.82. The quantitative estimate of drug-likeness (QED) is 0.200. The van der Waals surface area contributed by atoms with Crippen molar-refractivity contribution in [1.29, 1.82) is 0 Å². The zero-order valence-electron chi connectivity index (χ0n) is 8.96. The summed E-state index contributed by atoms with van der Waals surface area (Å²) in [6, 6.07) is 0. The Hall–Kier alpha value is 0.0383. The number of carbonyl (C=O) groups excluding carboxylic acids is 1. The van der Waals surface area contributed by atoms with Gasteiger partial charge in [0.2, 0.25) is 0 Å². The van der Waals surface area contributed by atoms with E-state index in [-0.39, 0.29) is 51.1 Å². The predicted octanol–water partition coefficient (Wildman–Crippen LogP) is -0.298. The molecule has 1 aliphatic carbocycles. The van der Waals surface area contributed by atoms with Crippen LogP contribution in [0.25, 0.3) is 0 Å². The molecule has 16 heavy (non-hydrogen) atoms. The molecule has 1 aliphatic heterocycles. The normalized spacial score (nSPS) is 36.8. The third-order valence-electron chi connectivity index (χ3n) is 3.44. The third kappa shape index (κ3) is 2.83. The first-order chi connectivity index (χ1) is 7.22. The van der Waals surface area contributed by atoms with Crippen LogP contribution in [0.2, 0.25) is 0 Å². The monoisotopic (exact) mass is 397 g/mol. The van der Waals surface area contributed by atoms with Gasteiger partial charge in [0.05, 0.1) is 12.5 Å². The SMILES string of the molecule is NN[CH-]CC[C@@H]1[C@H]2CC(=O)O[C@H]2C[C@H]1O.[W]. The van der Waals surface area contributed by atoms with Crippen LogP contribution in [-0.4, -0.2) is 23.3 Å². The molecule has 2 rings (SSSR count). The van der Waals surface area contributed by atoms with Crippen molar-refractivity contribution in [3.63, 3.8) is 0 Å². The zero-order chi connectivity index (χ0) is 10.8. The fourth-order valence-corrected chi connectivity index (χ4v) is 2.74. The summed E-state index contributed by atoms with van der Waals surface area (Å²) >= 11 is 0. The van der Waals surface area contributed by atoms with Crippen molar-refractivity contribution in [3.05, 3.63) is 6.54 Å². The van der Waals surface area contributed by atoms with Gasteiger partial charge in [0.25, 0.3) is 0 Å². The van der Waals surface area contributed by atoms with Gasteiger partial charge in [-0.15, -0.1) is 0 Å². The molecule has 4 atom stereocenters. The second kappa shape index (κ2) is 6.10. The smallest absolute Gasteiger partial charge is 0.306 e. The molecule has 0 radical (unpaired) electrons. The second-order valence-corrected chi connectivity index (χ2v) is 4.31. The van der Waals surface area contributed by atoms with Crippen molar-refractivity contribution < 1.29 is 35.7 Å². The van der Waals surface area contributed by atoms with Gasteiger partial charge in [0, 0.05) is 33.4 Å². The van der Waals surface area contributed by atoms with E-state index in [0.29, 0.717) is 12.8 Å². The van der Waals surface area contributed by atoms with Crippen molar-refractivity contribution in [3.8, 4) is 0 Å². The molecule has 0 aromatic carbocycles. The van der Waals surface area contributed by atoms with Gasteiger partial charge in [-0.2, -0.15) is 6.42 Å². The molecule has 6 heteroatoms. The molecule has 0 bridgehead atoms. The van der Waals surface area contributed by atoms with Crippen molar-refractivity contribution in [2.24, 2.45) is 17.7 Å². The molecule has 0 aromatic rings. The number of aliphatic hydroxyl groups excluding tert-OH is 1. The number of ether oxygens (including phenoxy) is 1. The first kappa shape index (κ1) is 14.1. The van der Waals surface area contributed by atoms with Crippen LogP contribution in [-0.2, 0) is 30.6 Å². The summed E-state index contributed by atoms with van der Waals surface area (Å²) in [6.07, 6.45) is 2.32. The first-order valence-electron chi connectivity index (χ1n) is 5.37. The minimum absolute atomic E-state index is 0. The minimum atomic E-state index is -0.334. The molecule has 0 unspecified atom stereocenters. The summed E-state index contributed by atoms with van der Waals surface area (Å²) in [6.45, 7) is 1.76. The molecule has 0 aromatic heterocycles. The number of rotatable bonds is 4. The van der Waals surface area contributed by atoms with E-state index < -0.39 is 0 Å². The molecule has 0 amide bonds. The van der Waals surface area contributed by atoms with Crippen molar-refractivity contribution in [2.45, 2.75) is 37.9 Å². The summed E-state index contributed by atoms with van der Waals surface area (Å²) in [5.41, 5.74) is 2.47. The first-order valence-corrected chi connectivity index (χ1v) is 5.37. The van der Waals surface area contributed by atoms with E-state index in [9.17, 15) is 9.90 Å². The Morgan fingerprint density at radius 2 is 2.38 bits per heavy atom. The number of hydrogen-bond acceptors (Lipinski definition) is 5. The molecular weight excluding hydrogens is 380 g/mol. The molecule has 4 N–H and O–H groups in total. The number of hydrogen-bond donors (Lipinski definition) is 3. The largest absolute Gasteiger partial charge is 0.462 e. The van der Waals surface area contributed by atoms with E-state index in [1.165, 1.54) is 0 Å². The summed E-state index contributed by atoms with van der Waals surface area (Å²) in [5.74, 6) is 5.39. The number of fused-ring (bicyclic) bond motifs is 1. The molecule has 2 fully saturated rings. The van der Waals surface area contributed by atoms with Gasteiger partial charge in [0.1, 0.15) is 6.10 Å². The van der Waals surface area contributed by atoms with Crippen LogP contribution in [0.3, 0.4) is 0 Å². The van der Waals surface area contributed by atoms with E-state index in [1.54, 1.807) is 6.54 Å². The molecule has 92 valence electrons. The fraction of sp³-hybridized carbons (Fsp3) is 0.800. The Bertz CT molecular complexity index is 252. The third-order valence-corrected chi connectivity index (χ3v) is 3.44. The van der Waals surface area contributed by atoms with Gasteiger partial charge >= 0.3 is 5.97 Å². The second-order valence-electron chi connectivity index (χ2n) is 4.31. The van der Waals surface area contributed by atoms with Gasteiger partial charge in [-0.1, -0.05) is 6.42 Å². The number of carbonyl (C=O) groups is 1. The average Bonchev–Trinajstić information content (AvgIpc) is 2.65. The summed E-state index contributed by atoms with van der Waals surface area (Å²) < 4.78 is 5.14. The van der Waals surface area contributed by atoms with E-state index >= 15 is 0 Å². The maximum Gasteiger partial charge on any atom is 0.306 e. The zero-order valence-corrected chi connectivity index (χ0v) is 11.9. The Labute approximate surface area is 109 Å². The van der Waals surface area contributed by atoms with Gasteiger partial charge < -0.3 is 21.1 Å². The minimum Gasteiger partial charge on any atom is -0.462 e. The van der Waals surface area contributed by atoms with Gasteiger partial charge in [0.15, 0.2) is 0 Å². The van der Waals surface area contributed by atoms with Crippen LogP contribution in [0.1, 0.15) is 25.7 Å². The van der Waals surface area contributed by atoms with Crippen molar-refractivity contribution in [1.82, 2.24) is 5.43 Å².